The second-order valence-electron chi connectivity index (χ2n) is 7.42. The molecule has 0 spiro atoms. The third kappa shape index (κ3) is 5.60. The maximum absolute atomic E-state index is 14.2. The third-order valence-corrected chi connectivity index (χ3v) is 6.77. The van der Waals surface area contributed by atoms with E-state index in [4.69, 9.17) is 16.6 Å². The molecule has 186 valence electrons. The molecule has 1 aromatic heterocycles. The Balaban J connectivity index is 1.93. The molecule has 1 aromatic carbocycles. The molecule has 0 unspecified atom stereocenters. The molecule has 2 N–H and O–H groups in total. The zero-order chi connectivity index (χ0) is 26.0. The summed E-state index contributed by atoms with van der Waals surface area (Å²) in [6.45, 7) is 2.83. The van der Waals surface area contributed by atoms with Crippen molar-refractivity contribution in [1.29, 1.82) is 5.26 Å². The van der Waals surface area contributed by atoms with Gasteiger partial charge in [0.15, 0.2) is 18.1 Å². The number of nitrogens with zero attached hydrogens (tertiary/aromatic N) is 4. The summed E-state index contributed by atoms with van der Waals surface area (Å²) >= 11 is 0. The minimum Gasteiger partial charge on any atom is -0.482 e. The van der Waals surface area contributed by atoms with E-state index < -0.39 is 77.2 Å². The highest BCUT2D eigenvalue weighted by Gasteiger charge is 2.51. The van der Waals surface area contributed by atoms with Gasteiger partial charge in [0.2, 0.25) is 15.7 Å². The lowest BCUT2D eigenvalue weighted by molar-refractivity contribution is -0.153. The van der Waals surface area contributed by atoms with Crippen molar-refractivity contribution in [2.24, 2.45) is 0 Å². The first-order valence-electron chi connectivity index (χ1n) is 9.60. The number of β-amino-alcohol motifs (C(OH)–C–C–N with tert-alkyl or cyclic N) is 1. The van der Waals surface area contributed by atoms with Gasteiger partial charge < -0.3 is 19.7 Å². The zero-order valence-corrected chi connectivity index (χ0v) is 18.3. The summed E-state index contributed by atoms with van der Waals surface area (Å²) < 4.78 is 88.8. The topological polar surface area (TPSA) is 137 Å². The number of ether oxygens (including phenoxy) is 2. The van der Waals surface area contributed by atoms with Crippen molar-refractivity contribution in [1.82, 2.24) is 9.29 Å². The van der Waals surface area contributed by atoms with Gasteiger partial charge in [-0.3, -0.25) is 0 Å². The Bertz CT molecular complexity index is 1290. The van der Waals surface area contributed by atoms with Crippen molar-refractivity contribution >= 4 is 15.7 Å². The van der Waals surface area contributed by atoms with Crippen LogP contribution in [0.2, 0.25) is 0 Å². The number of halogens is 4. The average molecular weight is 516 g/mol. The van der Waals surface area contributed by atoms with Gasteiger partial charge in [0, 0.05) is 18.8 Å². The van der Waals surface area contributed by atoms with Crippen LogP contribution in [0.1, 0.15) is 5.69 Å². The molecule has 2 atom stereocenters. The van der Waals surface area contributed by atoms with E-state index >= 15 is 0 Å². The molecule has 0 saturated carbocycles. The van der Waals surface area contributed by atoms with Crippen LogP contribution < -0.4 is 9.47 Å². The lowest BCUT2D eigenvalue weighted by Gasteiger charge is -2.28. The maximum Gasteiger partial charge on any atom is 0.422 e. The Hall–Kier alpha value is -3.50. The van der Waals surface area contributed by atoms with Gasteiger partial charge in [-0.05, 0) is 18.2 Å². The Morgan fingerprint density at radius 3 is 2.60 bits per heavy atom. The zero-order valence-electron chi connectivity index (χ0n) is 17.5. The summed E-state index contributed by atoms with van der Waals surface area (Å²) in [4.78, 5) is 6.18. The number of aromatic nitrogens is 1. The van der Waals surface area contributed by atoms with E-state index in [0.29, 0.717) is 12.1 Å². The summed E-state index contributed by atoms with van der Waals surface area (Å²) in [5.74, 6) is -2.48. The number of hydrogen-bond donors (Lipinski definition) is 2. The van der Waals surface area contributed by atoms with Crippen molar-refractivity contribution in [2.45, 2.75) is 22.8 Å². The molecule has 35 heavy (non-hydrogen) atoms. The fraction of sp³-hybridized carbons (Fsp3) is 0.350. The number of benzene rings is 1. The van der Waals surface area contributed by atoms with E-state index in [-0.39, 0.29) is 10.6 Å². The Kier molecular flexibility index (Phi) is 7.18. The molecule has 1 saturated heterocycles. The number of sulfonamides is 1. The smallest absolute Gasteiger partial charge is 0.422 e. The van der Waals surface area contributed by atoms with Crippen LogP contribution in [0.3, 0.4) is 0 Å². The summed E-state index contributed by atoms with van der Waals surface area (Å²) in [7, 11) is -4.31. The Labute approximate surface area is 196 Å². The van der Waals surface area contributed by atoms with Crippen molar-refractivity contribution in [3.8, 4) is 17.6 Å². The van der Waals surface area contributed by atoms with Gasteiger partial charge in [0.1, 0.15) is 34.2 Å². The largest absolute Gasteiger partial charge is 0.482 e. The summed E-state index contributed by atoms with van der Waals surface area (Å²) in [6, 6.07) is 5.23. The summed E-state index contributed by atoms with van der Waals surface area (Å²) in [5.41, 5.74) is -2.94. The van der Waals surface area contributed by atoms with Gasteiger partial charge >= 0.3 is 6.18 Å². The van der Waals surface area contributed by atoms with Crippen LogP contribution in [0.4, 0.5) is 23.2 Å². The lowest BCUT2D eigenvalue weighted by Crippen LogP contribution is -2.48. The van der Waals surface area contributed by atoms with E-state index in [0.717, 1.165) is 22.6 Å². The molecule has 0 amide bonds. The van der Waals surface area contributed by atoms with Crippen LogP contribution in [0, 0.1) is 23.7 Å². The quantitative estimate of drug-likeness (QED) is 0.420. The van der Waals surface area contributed by atoms with Crippen molar-refractivity contribution in [2.75, 3.05) is 26.3 Å². The van der Waals surface area contributed by atoms with Gasteiger partial charge in [0.05, 0.1) is 19.7 Å². The third-order valence-electron chi connectivity index (χ3n) is 4.98. The van der Waals surface area contributed by atoms with Crippen LogP contribution >= 0.6 is 0 Å². The van der Waals surface area contributed by atoms with Gasteiger partial charge in [-0.1, -0.05) is 0 Å². The summed E-state index contributed by atoms with van der Waals surface area (Å²) in [6.07, 6.45) is -5.43. The number of hydrogen-bond acceptors (Lipinski definition) is 8. The highest BCUT2D eigenvalue weighted by atomic mass is 32.2. The average Bonchev–Trinajstić information content (AvgIpc) is 3.15. The van der Waals surface area contributed by atoms with Crippen LogP contribution in [0.15, 0.2) is 35.4 Å². The molecule has 2 aromatic rings. The van der Waals surface area contributed by atoms with Gasteiger partial charge in [-0.15, -0.1) is 0 Å². The molecule has 0 aliphatic carbocycles. The van der Waals surface area contributed by atoms with Gasteiger partial charge in [0.25, 0.3) is 0 Å². The fourth-order valence-corrected chi connectivity index (χ4v) is 4.63. The second-order valence-corrected chi connectivity index (χ2v) is 9.36. The molecule has 15 heteroatoms. The molecule has 3 rings (SSSR count). The van der Waals surface area contributed by atoms with Gasteiger partial charge in [-0.25, -0.2) is 22.6 Å². The molecule has 10 nitrogen and oxygen atoms in total. The first kappa shape index (κ1) is 26.1. The molecular weight excluding hydrogens is 500 g/mol. The summed E-state index contributed by atoms with van der Waals surface area (Å²) in [5, 5.41) is 29.3. The van der Waals surface area contributed by atoms with E-state index in [9.17, 15) is 36.2 Å². The van der Waals surface area contributed by atoms with E-state index in [1.807, 2.05) is 0 Å². The number of rotatable bonds is 7. The van der Waals surface area contributed by atoms with E-state index in [1.165, 1.54) is 0 Å². The normalized spacial score (nSPS) is 20.7. The standard InChI is InChI=1S/C20H16F4N4O6S/c1-26-15-5-16(33-11-20(22,23)24)17(4-14(15)21)34-18-8-28(9-19(18,30)10-29)35(31,32)13-3-2-12(6-25)27-7-13/h2-5,7,18,29-30H,8-11H2/t18-,19+/m0/s1. The van der Waals surface area contributed by atoms with Crippen LogP contribution in [0.25, 0.3) is 4.85 Å². The second kappa shape index (κ2) is 9.63. The molecule has 2 heterocycles. The highest BCUT2D eigenvalue weighted by molar-refractivity contribution is 7.89. The van der Waals surface area contributed by atoms with Crippen molar-refractivity contribution in [3.63, 3.8) is 0 Å². The maximum atomic E-state index is 14.2. The van der Waals surface area contributed by atoms with Crippen molar-refractivity contribution < 1.29 is 45.7 Å². The molecule has 0 bridgehead atoms. The number of aliphatic hydroxyl groups excluding tert-OH is 1. The predicted octanol–water partition coefficient (Wildman–Crippen LogP) is 1.76. The minimum atomic E-state index is -4.77. The van der Waals surface area contributed by atoms with Crippen LogP contribution in [-0.2, 0) is 10.0 Å². The molecule has 0 radical (unpaired) electrons. The Morgan fingerprint density at radius 1 is 1.34 bits per heavy atom. The number of aliphatic hydroxyl groups is 2. The first-order valence-corrected chi connectivity index (χ1v) is 11.0. The van der Waals surface area contributed by atoms with E-state index in [2.05, 4.69) is 14.6 Å². The number of alkyl halides is 3. The Morgan fingerprint density at radius 2 is 2.06 bits per heavy atom. The SMILES string of the molecule is [C-]#[N+]c1cc(OCC(F)(F)F)c(O[C@H]2CN(S(=O)(=O)c3ccc(C#N)nc3)C[C@@]2(O)CO)cc1F. The lowest BCUT2D eigenvalue weighted by atomic mass is 10.0. The van der Waals surface area contributed by atoms with Crippen molar-refractivity contribution in [3.05, 3.63) is 53.4 Å². The van der Waals surface area contributed by atoms with Crippen LogP contribution in [0.5, 0.6) is 11.5 Å². The van der Waals surface area contributed by atoms with E-state index in [1.54, 1.807) is 6.07 Å². The predicted molar refractivity (Wildman–Crippen MR) is 108 cm³/mol. The van der Waals surface area contributed by atoms with Gasteiger partial charge in [-0.2, -0.15) is 22.7 Å². The molecule has 1 aliphatic heterocycles. The molecule has 1 aliphatic rings. The number of pyridine rings is 1. The highest BCUT2D eigenvalue weighted by Crippen LogP contribution is 2.38. The monoisotopic (exact) mass is 516 g/mol. The first-order chi connectivity index (χ1) is 16.3. The minimum absolute atomic E-state index is 0.0466. The van der Waals surface area contributed by atoms with Crippen LogP contribution in [-0.4, -0.2) is 72.1 Å². The fourth-order valence-electron chi connectivity index (χ4n) is 3.18. The molecular formula is C20H16F4N4O6S. The number of nitriles is 1. The molecule has 1 fully saturated rings.